The van der Waals surface area contributed by atoms with Crippen LogP contribution < -0.4 is 31.9 Å². The summed E-state index contributed by atoms with van der Waals surface area (Å²) in [7, 11) is 0. The summed E-state index contributed by atoms with van der Waals surface area (Å²) in [5.41, 5.74) is 15.8. The van der Waals surface area contributed by atoms with E-state index in [-0.39, 0.29) is 11.8 Å². The Bertz CT molecular complexity index is 2610. The minimum absolute atomic E-state index is 0.0730. The van der Waals surface area contributed by atoms with Crippen LogP contribution in [-0.2, 0) is 48.1 Å². The smallest absolute Gasteiger partial charge is 0.229 e. The molecule has 4 heterocycles. The summed E-state index contributed by atoms with van der Waals surface area (Å²) in [6, 6.07) is 24.8. The average Bonchev–Trinajstić information content (AvgIpc) is 3.26. The number of benzene rings is 4. The van der Waals surface area contributed by atoms with Crippen LogP contribution in [0.3, 0.4) is 0 Å². The van der Waals surface area contributed by atoms with Crippen molar-refractivity contribution in [1.82, 2.24) is 19.9 Å². The van der Waals surface area contributed by atoms with Crippen molar-refractivity contribution in [2.45, 2.75) is 90.9 Å². The zero-order valence-corrected chi connectivity index (χ0v) is 34.2. The van der Waals surface area contributed by atoms with Crippen LogP contribution in [0.15, 0.2) is 85.2 Å². The fourth-order valence-corrected chi connectivity index (χ4v) is 8.49. The number of nitrogens with one attached hydrogen (secondary N) is 6. The number of carbonyl (C=O) groups excluding carboxylic acids is 2. The number of anilines is 10. The van der Waals surface area contributed by atoms with Crippen molar-refractivity contribution in [3.8, 4) is 0 Å². The van der Waals surface area contributed by atoms with E-state index in [2.05, 4.69) is 90.4 Å². The maximum atomic E-state index is 11.6. The monoisotopic (exact) mass is 798 g/mol. The fourth-order valence-electron chi connectivity index (χ4n) is 8.49. The number of hydrogen-bond acceptors (Lipinski definition) is 10. The van der Waals surface area contributed by atoms with Crippen LogP contribution in [0, 0.1) is 13.8 Å². The Morgan fingerprint density at radius 3 is 1.53 bits per heavy atom. The second-order valence-electron chi connectivity index (χ2n) is 16.1. The van der Waals surface area contributed by atoms with Gasteiger partial charge in [-0.3, -0.25) is 9.59 Å². The highest BCUT2D eigenvalue weighted by Gasteiger charge is 2.19. The van der Waals surface area contributed by atoms with E-state index in [4.69, 9.17) is 9.97 Å². The Morgan fingerprint density at radius 2 is 0.967 bits per heavy atom. The van der Waals surface area contributed by atoms with Gasteiger partial charge in [-0.15, -0.1) is 0 Å². The summed E-state index contributed by atoms with van der Waals surface area (Å²) in [6.45, 7) is 4.01. The molecule has 0 saturated carbocycles. The van der Waals surface area contributed by atoms with Gasteiger partial charge in [-0.2, -0.15) is 9.97 Å². The molecule has 12 heteroatoms. The molecule has 2 amide bonds. The molecule has 0 radical (unpaired) electrons. The lowest BCUT2D eigenvalue weighted by atomic mass is 9.90. The van der Waals surface area contributed by atoms with Gasteiger partial charge in [0.05, 0.1) is 0 Å². The first kappa shape index (κ1) is 38.7. The van der Waals surface area contributed by atoms with Crippen molar-refractivity contribution in [2.24, 2.45) is 0 Å². The Labute approximate surface area is 350 Å². The quantitative estimate of drug-likeness (QED) is 0.0876. The molecule has 0 fully saturated rings. The molecule has 0 spiro atoms. The lowest BCUT2D eigenvalue weighted by molar-refractivity contribution is -0.117. The first-order chi connectivity index (χ1) is 29.3. The summed E-state index contributed by atoms with van der Waals surface area (Å²) in [5.74, 6) is 2.88. The molecule has 2 aromatic heterocycles. The van der Waals surface area contributed by atoms with Crippen molar-refractivity contribution in [2.75, 3.05) is 31.9 Å². The van der Waals surface area contributed by atoms with Crippen LogP contribution in [0.1, 0.15) is 83.0 Å². The van der Waals surface area contributed by atoms with Crippen LogP contribution in [0.2, 0.25) is 0 Å². The lowest BCUT2D eigenvalue weighted by Crippen LogP contribution is -2.18. The molecular formula is C48H50N10O2. The molecule has 4 aliphatic rings. The Hall–Kier alpha value is -6.82. The molecule has 6 aromatic rings. The molecule has 6 N–H and O–H groups in total. The van der Waals surface area contributed by atoms with E-state index in [9.17, 15) is 9.59 Å². The Morgan fingerprint density at radius 1 is 0.483 bits per heavy atom. The maximum Gasteiger partial charge on any atom is 0.229 e. The lowest BCUT2D eigenvalue weighted by Gasteiger charge is -2.20. The van der Waals surface area contributed by atoms with Crippen LogP contribution in [0.25, 0.3) is 0 Å². The zero-order chi connectivity index (χ0) is 41.0. The normalized spacial score (nSPS) is 15.0. The average molecular weight is 799 g/mol. The largest absolute Gasteiger partial charge is 0.340 e. The van der Waals surface area contributed by atoms with Crippen molar-refractivity contribution in [3.05, 3.63) is 130 Å². The second kappa shape index (κ2) is 17.2. The van der Waals surface area contributed by atoms with Gasteiger partial charge in [0.1, 0.15) is 11.6 Å². The van der Waals surface area contributed by atoms with Crippen molar-refractivity contribution in [3.63, 3.8) is 0 Å². The summed E-state index contributed by atoms with van der Waals surface area (Å²) in [6.07, 6.45) is 15.7. The molecule has 12 nitrogen and oxygen atoms in total. The number of nitrogens with zero attached hydrogens (tertiary/aromatic N) is 4. The van der Waals surface area contributed by atoms with E-state index in [1.165, 1.54) is 47.9 Å². The Balaban J connectivity index is 0.000000154. The third-order valence-electron chi connectivity index (χ3n) is 11.8. The number of rotatable bonds is 8. The topological polar surface area (TPSA) is 158 Å². The first-order valence-corrected chi connectivity index (χ1v) is 21.1. The number of fused-ring (bicyclic) bond motifs is 4. The molecule has 0 saturated heterocycles. The van der Waals surface area contributed by atoms with Gasteiger partial charge in [0, 0.05) is 70.5 Å². The second-order valence-corrected chi connectivity index (χ2v) is 16.1. The Kier molecular flexibility index (Phi) is 11.1. The molecule has 60 heavy (non-hydrogen) atoms. The van der Waals surface area contributed by atoms with Gasteiger partial charge in [-0.05, 0) is 160 Å². The standard InChI is InChI=1S/2C24H25N5O/c1-15-14-25-24(26-18-10-11-20-17(13-18)9-12-22(30)27-20)29-23(15)28-21-8-4-6-16-5-2-3-7-19(16)21;1-15-14-25-24(28-21-8-4-6-16-5-2-3-7-19(16)21)29-23(15)26-18-10-11-20-17(13-18)9-12-22(30)27-20/h2*4,6,8,10-11,13-14H,2-3,5,7,9,12H2,1H3,(H,27,30)(H2,25,26,28,29). The highest BCUT2D eigenvalue weighted by Crippen LogP contribution is 2.33. The fraction of sp³-hybridized carbons (Fsp3) is 0.292. The molecular weight excluding hydrogens is 749 g/mol. The SMILES string of the molecule is Cc1cnc(Nc2ccc3c(c2)CCC(=O)N3)nc1Nc1cccc2c1CCCC2.Cc1cnc(Nc2cccc3c2CCCC3)nc1Nc1ccc2c(c1)CCC(=O)N2. The van der Waals surface area contributed by atoms with Gasteiger partial charge in [-0.1, -0.05) is 24.3 Å². The highest BCUT2D eigenvalue weighted by molar-refractivity contribution is 5.95. The van der Waals surface area contributed by atoms with Crippen LogP contribution >= 0.6 is 0 Å². The third-order valence-corrected chi connectivity index (χ3v) is 11.8. The summed E-state index contributed by atoms with van der Waals surface area (Å²) in [4.78, 5) is 41.5. The maximum absolute atomic E-state index is 11.6. The van der Waals surface area contributed by atoms with Crippen molar-refractivity contribution < 1.29 is 9.59 Å². The molecule has 2 aliphatic carbocycles. The minimum atomic E-state index is 0.0730. The van der Waals surface area contributed by atoms with Gasteiger partial charge in [-0.25, -0.2) is 9.97 Å². The van der Waals surface area contributed by atoms with E-state index in [1.807, 2.05) is 50.5 Å². The first-order valence-electron chi connectivity index (χ1n) is 21.1. The third kappa shape index (κ3) is 8.78. The predicted octanol–water partition coefficient (Wildman–Crippen LogP) is 10.1. The molecule has 2 aliphatic heterocycles. The predicted molar refractivity (Wildman–Crippen MR) is 240 cm³/mol. The molecule has 0 bridgehead atoms. The number of hydrogen-bond donors (Lipinski definition) is 6. The zero-order valence-electron chi connectivity index (χ0n) is 34.2. The van der Waals surface area contributed by atoms with E-state index in [1.54, 1.807) is 0 Å². The molecule has 4 aromatic carbocycles. The highest BCUT2D eigenvalue weighted by atomic mass is 16.2. The summed E-state index contributed by atoms with van der Waals surface area (Å²) in [5, 5.41) is 19.5. The molecule has 0 atom stereocenters. The van der Waals surface area contributed by atoms with E-state index in [0.29, 0.717) is 24.7 Å². The number of aryl methyl sites for hydroxylation is 6. The summed E-state index contributed by atoms with van der Waals surface area (Å²) >= 11 is 0. The number of amides is 2. The molecule has 0 unspecified atom stereocenters. The van der Waals surface area contributed by atoms with Gasteiger partial charge < -0.3 is 31.9 Å². The van der Waals surface area contributed by atoms with E-state index in [0.717, 1.165) is 107 Å². The van der Waals surface area contributed by atoms with Gasteiger partial charge in [0.2, 0.25) is 23.7 Å². The minimum Gasteiger partial charge on any atom is -0.340 e. The van der Waals surface area contributed by atoms with Crippen LogP contribution in [0.5, 0.6) is 0 Å². The van der Waals surface area contributed by atoms with Crippen molar-refractivity contribution >= 4 is 69.5 Å². The van der Waals surface area contributed by atoms with Crippen molar-refractivity contribution in [1.29, 1.82) is 0 Å². The van der Waals surface area contributed by atoms with Gasteiger partial charge in [0.25, 0.3) is 0 Å². The van der Waals surface area contributed by atoms with Gasteiger partial charge >= 0.3 is 0 Å². The number of aromatic nitrogens is 4. The van der Waals surface area contributed by atoms with Crippen LogP contribution in [0.4, 0.5) is 57.7 Å². The van der Waals surface area contributed by atoms with E-state index >= 15 is 0 Å². The van der Waals surface area contributed by atoms with E-state index < -0.39 is 0 Å². The molecule has 10 rings (SSSR count). The molecule has 304 valence electrons. The van der Waals surface area contributed by atoms with Gasteiger partial charge in [0.15, 0.2) is 0 Å². The number of carbonyl (C=O) groups is 2. The summed E-state index contributed by atoms with van der Waals surface area (Å²) < 4.78 is 0. The van der Waals surface area contributed by atoms with Crippen LogP contribution in [-0.4, -0.2) is 31.8 Å².